The van der Waals surface area contributed by atoms with E-state index >= 15 is 0 Å². The van der Waals surface area contributed by atoms with Crippen LogP contribution in [0.4, 0.5) is 0 Å². The standard InChI is InChI=1S/C11H21N3O3/c1-8(2)9(15)6-13(3)11(17)7-14(4)10(16)5-12/h8H,5-7,12H2,1-4H3. The van der Waals surface area contributed by atoms with Crippen molar-refractivity contribution in [3.63, 3.8) is 0 Å². The largest absolute Gasteiger partial charge is 0.337 e. The van der Waals surface area contributed by atoms with Crippen LogP contribution in [-0.2, 0) is 14.4 Å². The summed E-state index contributed by atoms with van der Waals surface area (Å²) >= 11 is 0. The van der Waals surface area contributed by atoms with Crippen molar-refractivity contribution in [2.24, 2.45) is 11.7 Å². The van der Waals surface area contributed by atoms with E-state index in [4.69, 9.17) is 5.73 Å². The summed E-state index contributed by atoms with van der Waals surface area (Å²) in [6, 6.07) is 0. The van der Waals surface area contributed by atoms with Crippen molar-refractivity contribution in [3.05, 3.63) is 0 Å². The minimum atomic E-state index is -0.304. The molecule has 0 atom stereocenters. The summed E-state index contributed by atoms with van der Waals surface area (Å²) in [6.07, 6.45) is 0. The highest BCUT2D eigenvalue weighted by atomic mass is 16.2. The normalized spacial score (nSPS) is 10.2. The Morgan fingerprint density at radius 2 is 1.47 bits per heavy atom. The second kappa shape index (κ2) is 7.01. The van der Waals surface area contributed by atoms with Gasteiger partial charge in [0.1, 0.15) is 0 Å². The minimum absolute atomic E-state index is 0.00588. The Hall–Kier alpha value is -1.43. The Bertz CT molecular complexity index is 302. The molecule has 6 nitrogen and oxygen atoms in total. The lowest BCUT2D eigenvalue weighted by atomic mass is 10.1. The summed E-state index contributed by atoms with van der Waals surface area (Å²) in [7, 11) is 3.05. The predicted molar refractivity (Wildman–Crippen MR) is 64.2 cm³/mol. The number of likely N-dealkylation sites (N-methyl/N-ethyl adjacent to an activating group) is 2. The maximum Gasteiger partial charge on any atom is 0.242 e. The molecule has 0 fully saturated rings. The van der Waals surface area contributed by atoms with E-state index in [1.54, 1.807) is 20.9 Å². The smallest absolute Gasteiger partial charge is 0.242 e. The lowest BCUT2D eigenvalue weighted by Crippen LogP contribution is -2.43. The molecule has 0 spiro atoms. The zero-order chi connectivity index (χ0) is 13.6. The molecule has 0 rings (SSSR count). The molecule has 17 heavy (non-hydrogen) atoms. The first-order valence-electron chi connectivity index (χ1n) is 5.50. The number of carbonyl (C=O) groups excluding carboxylic acids is 3. The molecular weight excluding hydrogens is 222 g/mol. The number of hydrogen-bond donors (Lipinski definition) is 1. The summed E-state index contributed by atoms with van der Waals surface area (Å²) in [6.45, 7) is 3.45. The highest BCUT2D eigenvalue weighted by Crippen LogP contribution is 1.97. The molecule has 2 N–H and O–H groups in total. The molecule has 0 aromatic carbocycles. The second-order valence-corrected chi connectivity index (χ2v) is 4.32. The first-order chi connectivity index (χ1) is 7.79. The zero-order valence-corrected chi connectivity index (χ0v) is 10.9. The van der Waals surface area contributed by atoms with E-state index in [-0.39, 0.29) is 43.1 Å². The zero-order valence-electron chi connectivity index (χ0n) is 10.9. The third-order valence-electron chi connectivity index (χ3n) is 2.44. The van der Waals surface area contributed by atoms with Gasteiger partial charge in [-0.1, -0.05) is 13.8 Å². The van der Waals surface area contributed by atoms with Gasteiger partial charge in [-0.15, -0.1) is 0 Å². The van der Waals surface area contributed by atoms with Gasteiger partial charge in [-0.05, 0) is 0 Å². The van der Waals surface area contributed by atoms with Crippen molar-refractivity contribution in [1.82, 2.24) is 9.80 Å². The Morgan fingerprint density at radius 1 is 1.00 bits per heavy atom. The molecule has 98 valence electrons. The van der Waals surface area contributed by atoms with E-state index in [0.29, 0.717) is 0 Å². The van der Waals surface area contributed by atoms with E-state index in [1.165, 1.54) is 16.8 Å². The second-order valence-electron chi connectivity index (χ2n) is 4.32. The predicted octanol–water partition coefficient (Wildman–Crippen LogP) is -0.913. The van der Waals surface area contributed by atoms with Gasteiger partial charge < -0.3 is 15.5 Å². The van der Waals surface area contributed by atoms with Crippen LogP contribution in [0.2, 0.25) is 0 Å². The van der Waals surface area contributed by atoms with Crippen LogP contribution in [-0.4, -0.2) is 61.1 Å². The topological polar surface area (TPSA) is 83.7 Å². The van der Waals surface area contributed by atoms with Crippen molar-refractivity contribution in [2.75, 3.05) is 33.7 Å². The summed E-state index contributed by atoms with van der Waals surface area (Å²) in [4.78, 5) is 36.8. The van der Waals surface area contributed by atoms with Gasteiger partial charge in [0.2, 0.25) is 11.8 Å². The van der Waals surface area contributed by atoms with Crippen LogP contribution in [0.25, 0.3) is 0 Å². The SMILES string of the molecule is CC(C)C(=O)CN(C)C(=O)CN(C)C(=O)CN. The fourth-order valence-corrected chi connectivity index (χ4v) is 1.07. The van der Waals surface area contributed by atoms with Gasteiger partial charge >= 0.3 is 0 Å². The molecule has 0 saturated carbocycles. The van der Waals surface area contributed by atoms with Crippen molar-refractivity contribution in [3.8, 4) is 0 Å². The quantitative estimate of drug-likeness (QED) is 0.654. The van der Waals surface area contributed by atoms with E-state index < -0.39 is 0 Å². The van der Waals surface area contributed by atoms with Crippen molar-refractivity contribution >= 4 is 17.6 Å². The maximum absolute atomic E-state index is 11.7. The van der Waals surface area contributed by atoms with Crippen LogP contribution in [0.15, 0.2) is 0 Å². The summed E-state index contributed by atoms with van der Waals surface area (Å²) in [5.41, 5.74) is 5.18. The summed E-state index contributed by atoms with van der Waals surface area (Å²) < 4.78 is 0. The van der Waals surface area contributed by atoms with Crippen LogP contribution in [0, 0.1) is 5.92 Å². The number of carbonyl (C=O) groups is 3. The fourth-order valence-electron chi connectivity index (χ4n) is 1.07. The van der Waals surface area contributed by atoms with E-state index in [1.807, 2.05) is 0 Å². The van der Waals surface area contributed by atoms with Crippen molar-refractivity contribution in [2.45, 2.75) is 13.8 Å². The molecule has 0 bridgehead atoms. The number of rotatable bonds is 6. The molecule has 0 aromatic heterocycles. The Morgan fingerprint density at radius 3 is 1.88 bits per heavy atom. The number of nitrogens with two attached hydrogens (primary N) is 1. The van der Waals surface area contributed by atoms with Crippen LogP contribution in [0.3, 0.4) is 0 Å². The Balaban J connectivity index is 4.23. The first kappa shape index (κ1) is 15.6. The number of nitrogens with zero attached hydrogens (tertiary/aromatic N) is 2. The van der Waals surface area contributed by atoms with Gasteiger partial charge in [0, 0.05) is 20.0 Å². The van der Waals surface area contributed by atoms with Crippen LogP contribution < -0.4 is 5.73 Å². The third kappa shape index (κ3) is 5.44. The van der Waals surface area contributed by atoms with Crippen molar-refractivity contribution < 1.29 is 14.4 Å². The van der Waals surface area contributed by atoms with E-state index in [2.05, 4.69) is 0 Å². The van der Waals surface area contributed by atoms with Gasteiger partial charge in [-0.25, -0.2) is 0 Å². The Kier molecular flexibility index (Phi) is 6.42. The van der Waals surface area contributed by atoms with Crippen LogP contribution in [0.5, 0.6) is 0 Å². The molecule has 0 radical (unpaired) electrons. The molecule has 0 heterocycles. The van der Waals surface area contributed by atoms with Crippen molar-refractivity contribution in [1.29, 1.82) is 0 Å². The lowest BCUT2D eigenvalue weighted by Gasteiger charge is -2.21. The number of amides is 2. The molecule has 0 aliphatic rings. The Labute approximate surface area is 102 Å². The minimum Gasteiger partial charge on any atom is -0.337 e. The molecule has 2 amide bonds. The van der Waals surface area contributed by atoms with Crippen LogP contribution >= 0.6 is 0 Å². The van der Waals surface area contributed by atoms with Gasteiger partial charge in [-0.3, -0.25) is 14.4 Å². The fraction of sp³-hybridized carbons (Fsp3) is 0.727. The van der Waals surface area contributed by atoms with Gasteiger partial charge in [0.25, 0.3) is 0 Å². The number of ketones is 1. The summed E-state index contributed by atoms with van der Waals surface area (Å²) in [5, 5.41) is 0. The van der Waals surface area contributed by atoms with Gasteiger partial charge in [0.15, 0.2) is 5.78 Å². The molecule has 0 aliphatic carbocycles. The average Bonchev–Trinajstić information content (AvgIpc) is 2.27. The summed E-state index contributed by atoms with van der Waals surface area (Å²) in [5.74, 6) is -0.687. The maximum atomic E-state index is 11.7. The first-order valence-corrected chi connectivity index (χ1v) is 5.50. The monoisotopic (exact) mass is 243 g/mol. The molecule has 0 aromatic rings. The average molecular weight is 243 g/mol. The van der Waals surface area contributed by atoms with Gasteiger partial charge in [-0.2, -0.15) is 0 Å². The van der Waals surface area contributed by atoms with E-state index in [9.17, 15) is 14.4 Å². The molecular formula is C11H21N3O3. The molecule has 6 heteroatoms. The lowest BCUT2D eigenvalue weighted by molar-refractivity contribution is -0.139. The molecule has 0 saturated heterocycles. The highest BCUT2D eigenvalue weighted by molar-refractivity contribution is 5.89. The third-order valence-corrected chi connectivity index (χ3v) is 2.44. The van der Waals surface area contributed by atoms with Gasteiger partial charge in [0.05, 0.1) is 19.6 Å². The van der Waals surface area contributed by atoms with E-state index in [0.717, 1.165) is 0 Å². The molecule has 0 unspecified atom stereocenters. The number of hydrogen-bond acceptors (Lipinski definition) is 4. The highest BCUT2D eigenvalue weighted by Gasteiger charge is 2.18. The van der Waals surface area contributed by atoms with Crippen LogP contribution in [0.1, 0.15) is 13.8 Å². The molecule has 0 aliphatic heterocycles. The number of Topliss-reactive ketones (excluding diaryl/α,β-unsaturated/α-hetero) is 1.